The molecule has 5 nitrogen and oxygen atoms in total. The van der Waals surface area contributed by atoms with E-state index in [0.29, 0.717) is 5.92 Å². The van der Waals surface area contributed by atoms with Gasteiger partial charge in [0.25, 0.3) is 0 Å². The molecule has 0 bridgehead atoms. The van der Waals surface area contributed by atoms with Gasteiger partial charge in [-0.05, 0) is 37.0 Å². The Kier molecular flexibility index (Phi) is 4.28. The average Bonchev–Trinajstić information content (AvgIpc) is 3.37. The number of aromatic nitrogens is 3. The van der Waals surface area contributed by atoms with Gasteiger partial charge in [0, 0.05) is 37.5 Å². The van der Waals surface area contributed by atoms with Gasteiger partial charge < -0.3 is 10.6 Å². The van der Waals surface area contributed by atoms with Gasteiger partial charge >= 0.3 is 0 Å². The average molecular weight is 283 g/mol. The molecular formula is C16H21N5. The standard InChI is InChI=1S/C16H21N5/c1-2-7-18-14-10-15(21-16(20-14)13-3-4-13)19-11-12-5-8-17-9-6-12/h5-6,8-10,13H,2-4,7,11H2,1H3,(H2,18,19,20,21). The number of anilines is 2. The highest BCUT2D eigenvalue weighted by atomic mass is 15.1. The topological polar surface area (TPSA) is 62.7 Å². The van der Waals surface area contributed by atoms with Gasteiger partial charge in [-0.2, -0.15) is 0 Å². The zero-order chi connectivity index (χ0) is 14.5. The van der Waals surface area contributed by atoms with Crippen molar-refractivity contribution in [3.8, 4) is 0 Å². The van der Waals surface area contributed by atoms with E-state index in [2.05, 4.69) is 32.5 Å². The van der Waals surface area contributed by atoms with E-state index in [9.17, 15) is 0 Å². The Hall–Kier alpha value is -2.17. The quantitative estimate of drug-likeness (QED) is 0.817. The third kappa shape index (κ3) is 3.90. The normalized spacial score (nSPS) is 14.0. The second-order valence-corrected chi connectivity index (χ2v) is 5.41. The van der Waals surface area contributed by atoms with Crippen LogP contribution in [0.5, 0.6) is 0 Å². The molecule has 0 spiro atoms. The van der Waals surface area contributed by atoms with E-state index in [-0.39, 0.29) is 0 Å². The van der Waals surface area contributed by atoms with Crippen molar-refractivity contribution in [2.45, 2.75) is 38.6 Å². The maximum absolute atomic E-state index is 4.64. The number of hydrogen-bond donors (Lipinski definition) is 2. The van der Waals surface area contributed by atoms with E-state index in [1.807, 2.05) is 18.2 Å². The zero-order valence-electron chi connectivity index (χ0n) is 12.3. The third-order valence-corrected chi connectivity index (χ3v) is 3.47. The highest BCUT2D eigenvalue weighted by molar-refractivity contribution is 5.48. The summed E-state index contributed by atoms with van der Waals surface area (Å²) in [4.78, 5) is 13.3. The van der Waals surface area contributed by atoms with Gasteiger partial charge in [0.2, 0.25) is 0 Å². The van der Waals surface area contributed by atoms with Crippen LogP contribution in [0.25, 0.3) is 0 Å². The molecule has 1 saturated carbocycles. The molecule has 5 heteroatoms. The fraction of sp³-hybridized carbons (Fsp3) is 0.438. The number of nitrogens with one attached hydrogen (secondary N) is 2. The first kappa shape index (κ1) is 13.8. The molecule has 2 N–H and O–H groups in total. The first-order valence-corrected chi connectivity index (χ1v) is 7.61. The summed E-state index contributed by atoms with van der Waals surface area (Å²) in [7, 11) is 0. The Morgan fingerprint density at radius 1 is 1.10 bits per heavy atom. The van der Waals surface area contributed by atoms with Crippen molar-refractivity contribution in [2.24, 2.45) is 0 Å². The van der Waals surface area contributed by atoms with E-state index in [0.717, 1.165) is 37.0 Å². The van der Waals surface area contributed by atoms with Crippen molar-refractivity contribution >= 4 is 11.6 Å². The second kappa shape index (κ2) is 6.52. The number of rotatable bonds is 7. The van der Waals surface area contributed by atoms with Crippen LogP contribution in [0.1, 0.15) is 43.5 Å². The largest absolute Gasteiger partial charge is 0.370 e. The molecule has 0 aliphatic heterocycles. The highest BCUT2D eigenvalue weighted by Crippen LogP contribution is 2.38. The van der Waals surface area contributed by atoms with Crippen LogP contribution in [0.15, 0.2) is 30.6 Å². The minimum atomic E-state index is 0.551. The predicted molar refractivity (Wildman–Crippen MR) is 84.4 cm³/mol. The minimum Gasteiger partial charge on any atom is -0.370 e. The van der Waals surface area contributed by atoms with Crippen molar-refractivity contribution in [3.05, 3.63) is 42.0 Å². The lowest BCUT2D eigenvalue weighted by atomic mass is 10.3. The molecule has 0 radical (unpaired) electrons. The molecular weight excluding hydrogens is 262 g/mol. The molecule has 2 aromatic heterocycles. The number of nitrogens with zero attached hydrogens (tertiary/aromatic N) is 3. The summed E-state index contributed by atoms with van der Waals surface area (Å²) in [6, 6.07) is 6.00. The van der Waals surface area contributed by atoms with Crippen molar-refractivity contribution in [3.63, 3.8) is 0 Å². The minimum absolute atomic E-state index is 0.551. The first-order chi connectivity index (χ1) is 10.3. The van der Waals surface area contributed by atoms with Gasteiger partial charge in [0.05, 0.1) is 0 Å². The summed E-state index contributed by atoms with van der Waals surface area (Å²) in [5, 5.41) is 6.74. The van der Waals surface area contributed by atoms with Crippen LogP contribution in [0, 0.1) is 0 Å². The Labute approximate surface area is 125 Å². The van der Waals surface area contributed by atoms with Crippen molar-refractivity contribution < 1.29 is 0 Å². The maximum atomic E-state index is 4.64. The fourth-order valence-corrected chi connectivity index (χ4v) is 2.12. The van der Waals surface area contributed by atoms with Crippen LogP contribution in [0.4, 0.5) is 11.6 Å². The highest BCUT2D eigenvalue weighted by Gasteiger charge is 2.27. The Morgan fingerprint density at radius 3 is 2.48 bits per heavy atom. The van der Waals surface area contributed by atoms with Gasteiger partial charge in [-0.1, -0.05) is 6.92 Å². The second-order valence-electron chi connectivity index (χ2n) is 5.41. The van der Waals surface area contributed by atoms with Crippen LogP contribution in [-0.4, -0.2) is 21.5 Å². The van der Waals surface area contributed by atoms with Crippen molar-refractivity contribution in [1.82, 2.24) is 15.0 Å². The van der Waals surface area contributed by atoms with Gasteiger partial charge in [-0.3, -0.25) is 4.98 Å². The Morgan fingerprint density at radius 2 is 1.81 bits per heavy atom. The predicted octanol–water partition coefficient (Wildman–Crippen LogP) is 3.18. The zero-order valence-corrected chi connectivity index (χ0v) is 12.3. The molecule has 0 amide bonds. The third-order valence-electron chi connectivity index (χ3n) is 3.47. The molecule has 1 fully saturated rings. The van der Waals surface area contributed by atoms with E-state index in [1.54, 1.807) is 12.4 Å². The van der Waals surface area contributed by atoms with Crippen molar-refractivity contribution in [2.75, 3.05) is 17.2 Å². The molecule has 3 rings (SSSR count). The molecule has 2 heterocycles. The molecule has 0 atom stereocenters. The number of pyridine rings is 1. The van der Waals surface area contributed by atoms with E-state index in [1.165, 1.54) is 18.4 Å². The summed E-state index contributed by atoms with van der Waals surface area (Å²) in [6.07, 6.45) is 7.12. The fourth-order valence-electron chi connectivity index (χ4n) is 2.12. The molecule has 0 saturated heterocycles. The van der Waals surface area contributed by atoms with Crippen LogP contribution in [0.2, 0.25) is 0 Å². The van der Waals surface area contributed by atoms with Gasteiger partial charge in [0.1, 0.15) is 17.5 Å². The van der Waals surface area contributed by atoms with Crippen LogP contribution in [-0.2, 0) is 6.54 Å². The van der Waals surface area contributed by atoms with Crippen LogP contribution in [0.3, 0.4) is 0 Å². The van der Waals surface area contributed by atoms with E-state index in [4.69, 9.17) is 0 Å². The van der Waals surface area contributed by atoms with E-state index >= 15 is 0 Å². The lowest BCUT2D eigenvalue weighted by Gasteiger charge is -2.11. The molecule has 0 unspecified atom stereocenters. The van der Waals surface area contributed by atoms with E-state index < -0.39 is 0 Å². The van der Waals surface area contributed by atoms with Crippen LogP contribution >= 0.6 is 0 Å². The molecule has 0 aromatic carbocycles. The Bertz CT molecular complexity index is 580. The summed E-state index contributed by atoms with van der Waals surface area (Å²) in [5.41, 5.74) is 1.19. The molecule has 2 aromatic rings. The number of hydrogen-bond acceptors (Lipinski definition) is 5. The molecule has 21 heavy (non-hydrogen) atoms. The summed E-state index contributed by atoms with van der Waals surface area (Å²) < 4.78 is 0. The smallest absolute Gasteiger partial charge is 0.136 e. The molecule has 110 valence electrons. The molecule has 1 aliphatic carbocycles. The summed E-state index contributed by atoms with van der Waals surface area (Å²) >= 11 is 0. The lowest BCUT2D eigenvalue weighted by molar-refractivity contribution is 0.904. The Balaban J connectivity index is 1.72. The van der Waals surface area contributed by atoms with Crippen LogP contribution < -0.4 is 10.6 Å². The monoisotopic (exact) mass is 283 g/mol. The van der Waals surface area contributed by atoms with Gasteiger partial charge in [-0.25, -0.2) is 9.97 Å². The first-order valence-electron chi connectivity index (χ1n) is 7.61. The van der Waals surface area contributed by atoms with Crippen molar-refractivity contribution in [1.29, 1.82) is 0 Å². The lowest BCUT2D eigenvalue weighted by Crippen LogP contribution is -2.08. The summed E-state index contributed by atoms with van der Waals surface area (Å²) in [6.45, 7) is 3.83. The SMILES string of the molecule is CCCNc1cc(NCc2ccncc2)nc(C2CC2)n1. The maximum Gasteiger partial charge on any atom is 0.136 e. The van der Waals surface area contributed by atoms with Gasteiger partial charge in [-0.15, -0.1) is 0 Å². The molecule has 1 aliphatic rings. The van der Waals surface area contributed by atoms with Gasteiger partial charge in [0.15, 0.2) is 0 Å². The summed E-state index contributed by atoms with van der Waals surface area (Å²) in [5.74, 6) is 3.33.